The number of nitrogens with zero attached hydrogens (tertiary/aromatic N) is 1. The third kappa shape index (κ3) is 4.06. The number of hydrogen-bond donors (Lipinski definition) is 1. The molecule has 0 aliphatic rings. The van der Waals surface area contributed by atoms with E-state index in [1.165, 1.54) is 24.3 Å². The van der Waals surface area contributed by atoms with E-state index in [0.717, 1.165) is 11.6 Å². The summed E-state index contributed by atoms with van der Waals surface area (Å²) in [7, 11) is 0. The minimum atomic E-state index is -0.643. The van der Waals surface area contributed by atoms with Gasteiger partial charge < -0.3 is 5.32 Å². The van der Waals surface area contributed by atoms with Gasteiger partial charge in [-0.05, 0) is 36.2 Å². The van der Waals surface area contributed by atoms with Crippen molar-refractivity contribution in [3.63, 3.8) is 0 Å². The Morgan fingerprint density at radius 2 is 1.81 bits per heavy atom. The summed E-state index contributed by atoms with van der Waals surface area (Å²) in [6.07, 6.45) is 0. The molecule has 1 unspecified atom stereocenters. The highest BCUT2D eigenvalue weighted by Gasteiger charge is 2.11. The lowest BCUT2D eigenvalue weighted by molar-refractivity contribution is -0.385. The van der Waals surface area contributed by atoms with Crippen molar-refractivity contribution in [1.82, 2.24) is 5.32 Å². The quantitative estimate of drug-likeness (QED) is 0.675. The molecule has 21 heavy (non-hydrogen) atoms. The summed E-state index contributed by atoms with van der Waals surface area (Å²) in [6.45, 7) is 2.15. The average molecular weight is 292 g/mol. The topological polar surface area (TPSA) is 55.2 Å². The molecule has 0 saturated heterocycles. The van der Waals surface area contributed by atoms with E-state index in [2.05, 4.69) is 5.32 Å². The Labute approximate surface area is 120 Å². The second-order valence-electron chi connectivity index (χ2n) is 4.73. The second kappa shape index (κ2) is 6.41. The molecule has 0 fully saturated rings. The van der Waals surface area contributed by atoms with E-state index in [1.54, 1.807) is 12.1 Å². The van der Waals surface area contributed by atoms with Crippen LogP contribution in [0, 0.1) is 21.7 Å². The second-order valence-corrected chi connectivity index (χ2v) is 4.73. The minimum Gasteiger partial charge on any atom is -0.306 e. The van der Waals surface area contributed by atoms with Gasteiger partial charge in [0.25, 0.3) is 5.69 Å². The lowest BCUT2D eigenvalue weighted by atomic mass is 10.1. The summed E-state index contributed by atoms with van der Waals surface area (Å²) in [5.74, 6) is -0.956. The molecule has 0 bridgehead atoms. The summed E-state index contributed by atoms with van der Waals surface area (Å²) in [4.78, 5) is 10.1. The predicted molar refractivity (Wildman–Crippen MR) is 74.7 cm³/mol. The molecule has 2 rings (SSSR count). The fourth-order valence-electron chi connectivity index (χ4n) is 1.98. The highest BCUT2D eigenvalue weighted by atomic mass is 19.1. The maximum atomic E-state index is 13.3. The molecule has 2 aromatic rings. The first-order chi connectivity index (χ1) is 9.95. The average Bonchev–Trinajstić information content (AvgIpc) is 2.45. The van der Waals surface area contributed by atoms with Crippen LogP contribution in [0.4, 0.5) is 14.5 Å². The van der Waals surface area contributed by atoms with Crippen LogP contribution in [0.15, 0.2) is 42.5 Å². The zero-order valence-electron chi connectivity index (χ0n) is 11.3. The van der Waals surface area contributed by atoms with Crippen LogP contribution in [0.25, 0.3) is 0 Å². The summed E-state index contributed by atoms with van der Waals surface area (Å²) in [5.41, 5.74) is 1.08. The smallest absolute Gasteiger partial charge is 0.272 e. The molecular formula is C15H14F2N2O2. The van der Waals surface area contributed by atoms with E-state index in [-0.39, 0.29) is 24.1 Å². The fourth-order valence-corrected chi connectivity index (χ4v) is 1.98. The van der Waals surface area contributed by atoms with Gasteiger partial charge in [0, 0.05) is 18.7 Å². The number of halogens is 2. The van der Waals surface area contributed by atoms with Gasteiger partial charge in [0.15, 0.2) is 0 Å². The number of rotatable bonds is 5. The number of nitrogens with one attached hydrogen (secondary N) is 1. The molecule has 6 heteroatoms. The zero-order chi connectivity index (χ0) is 15.4. The molecule has 0 aromatic heterocycles. The Kier molecular flexibility index (Phi) is 4.59. The van der Waals surface area contributed by atoms with Crippen molar-refractivity contribution in [3.05, 3.63) is 75.3 Å². The first-order valence-electron chi connectivity index (χ1n) is 6.38. The summed E-state index contributed by atoms with van der Waals surface area (Å²) >= 11 is 0. The molecule has 0 aliphatic heterocycles. The Morgan fingerprint density at radius 1 is 1.14 bits per heavy atom. The van der Waals surface area contributed by atoms with Crippen molar-refractivity contribution in [2.45, 2.75) is 19.5 Å². The van der Waals surface area contributed by atoms with Crippen LogP contribution in [0.2, 0.25) is 0 Å². The van der Waals surface area contributed by atoms with Crippen LogP contribution in [0.5, 0.6) is 0 Å². The third-order valence-electron chi connectivity index (χ3n) is 3.14. The molecule has 0 heterocycles. The van der Waals surface area contributed by atoms with Crippen LogP contribution in [0.3, 0.4) is 0 Å². The van der Waals surface area contributed by atoms with Gasteiger partial charge in [-0.1, -0.05) is 12.1 Å². The van der Waals surface area contributed by atoms with Gasteiger partial charge in [-0.2, -0.15) is 0 Å². The van der Waals surface area contributed by atoms with Gasteiger partial charge in [-0.15, -0.1) is 0 Å². The highest BCUT2D eigenvalue weighted by Crippen LogP contribution is 2.18. The molecule has 4 nitrogen and oxygen atoms in total. The number of nitro groups is 1. The van der Waals surface area contributed by atoms with Gasteiger partial charge in [-0.3, -0.25) is 10.1 Å². The van der Waals surface area contributed by atoms with Crippen LogP contribution in [-0.2, 0) is 6.54 Å². The van der Waals surface area contributed by atoms with Crippen molar-refractivity contribution in [1.29, 1.82) is 0 Å². The molecule has 1 atom stereocenters. The number of non-ortho nitro benzene ring substituents is 1. The van der Waals surface area contributed by atoms with Crippen LogP contribution in [-0.4, -0.2) is 4.92 Å². The van der Waals surface area contributed by atoms with Crippen molar-refractivity contribution < 1.29 is 13.7 Å². The Hall–Kier alpha value is -2.34. The largest absolute Gasteiger partial charge is 0.306 e. The van der Waals surface area contributed by atoms with Crippen LogP contribution in [0.1, 0.15) is 24.1 Å². The van der Waals surface area contributed by atoms with E-state index in [0.29, 0.717) is 5.56 Å². The molecule has 0 radical (unpaired) electrons. The van der Waals surface area contributed by atoms with Crippen molar-refractivity contribution in [2.24, 2.45) is 0 Å². The molecule has 0 spiro atoms. The highest BCUT2D eigenvalue weighted by molar-refractivity contribution is 5.35. The van der Waals surface area contributed by atoms with Gasteiger partial charge in [0.2, 0.25) is 0 Å². The molecule has 0 saturated carbocycles. The molecule has 0 amide bonds. The molecule has 0 aliphatic carbocycles. The summed E-state index contributed by atoms with van der Waals surface area (Å²) in [5, 5.41) is 13.8. The Bertz CT molecular complexity index is 645. The number of hydrogen-bond acceptors (Lipinski definition) is 3. The maximum absolute atomic E-state index is 13.3. The maximum Gasteiger partial charge on any atom is 0.272 e. The van der Waals surface area contributed by atoms with E-state index < -0.39 is 10.7 Å². The van der Waals surface area contributed by atoms with E-state index >= 15 is 0 Å². The lowest BCUT2D eigenvalue weighted by Gasteiger charge is -2.14. The van der Waals surface area contributed by atoms with Crippen molar-refractivity contribution in [2.75, 3.05) is 0 Å². The molecular weight excluding hydrogens is 278 g/mol. The Balaban J connectivity index is 2.05. The molecule has 110 valence electrons. The van der Waals surface area contributed by atoms with Gasteiger partial charge in [-0.25, -0.2) is 8.78 Å². The van der Waals surface area contributed by atoms with Crippen LogP contribution >= 0.6 is 0 Å². The zero-order valence-corrected chi connectivity index (χ0v) is 11.3. The van der Waals surface area contributed by atoms with Crippen LogP contribution < -0.4 is 5.32 Å². The molecule has 1 N–H and O–H groups in total. The Morgan fingerprint density at radius 3 is 2.43 bits per heavy atom. The van der Waals surface area contributed by atoms with E-state index in [9.17, 15) is 18.9 Å². The first kappa shape index (κ1) is 15.1. The van der Waals surface area contributed by atoms with E-state index in [1.807, 2.05) is 6.92 Å². The first-order valence-corrected chi connectivity index (χ1v) is 6.38. The van der Waals surface area contributed by atoms with Crippen molar-refractivity contribution in [3.8, 4) is 0 Å². The van der Waals surface area contributed by atoms with Gasteiger partial charge in [0.1, 0.15) is 11.6 Å². The normalized spacial score (nSPS) is 12.1. The predicted octanol–water partition coefficient (Wildman–Crippen LogP) is 3.72. The number of nitro benzene ring substituents is 1. The fraction of sp³-hybridized carbons (Fsp3) is 0.200. The monoisotopic (exact) mass is 292 g/mol. The minimum absolute atomic E-state index is 0.0899. The lowest BCUT2D eigenvalue weighted by Crippen LogP contribution is -2.18. The standard InChI is InChI=1S/C15H14F2N2O2/c1-10(12-2-4-13(16)5-3-12)18-9-11-6-14(17)8-15(7-11)19(20)21/h2-8,10,18H,9H2,1H3. The number of benzene rings is 2. The van der Waals surface area contributed by atoms with Crippen molar-refractivity contribution >= 4 is 5.69 Å². The molecule has 2 aromatic carbocycles. The summed E-state index contributed by atoms with van der Waals surface area (Å²) in [6, 6.07) is 9.40. The third-order valence-corrected chi connectivity index (χ3v) is 3.14. The summed E-state index contributed by atoms with van der Waals surface area (Å²) < 4.78 is 26.1. The van der Waals surface area contributed by atoms with E-state index in [4.69, 9.17) is 0 Å². The van der Waals surface area contributed by atoms with Gasteiger partial charge >= 0.3 is 0 Å². The van der Waals surface area contributed by atoms with Gasteiger partial charge in [0.05, 0.1) is 11.0 Å². The SMILES string of the molecule is CC(NCc1cc(F)cc([N+](=O)[O-])c1)c1ccc(F)cc1.